The highest BCUT2D eigenvalue weighted by atomic mass is 32.2. The first kappa shape index (κ1) is 18.9. The molecule has 3 rings (SSSR count). The SMILES string of the molecule is CC(=O)N[C@H](C)c1ccc(C(=O)CSc2nccn2-c2ccccc2)cc1. The number of thioether (sulfide) groups is 1. The molecule has 27 heavy (non-hydrogen) atoms. The maximum absolute atomic E-state index is 12.5. The Kier molecular flexibility index (Phi) is 6.08. The Morgan fingerprint density at radius 1 is 1.11 bits per heavy atom. The first-order chi connectivity index (χ1) is 13.0. The molecule has 0 aliphatic carbocycles. The summed E-state index contributed by atoms with van der Waals surface area (Å²) in [5, 5.41) is 3.62. The monoisotopic (exact) mass is 379 g/mol. The second-order valence-electron chi connectivity index (χ2n) is 6.17. The van der Waals surface area contributed by atoms with E-state index in [-0.39, 0.29) is 17.7 Å². The average molecular weight is 379 g/mol. The third-order valence-electron chi connectivity index (χ3n) is 4.13. The van der Waals surface area contributed by atoms with E-state index in [0.29, 0.717) is 11.3 Å². The van der Waals surface area contributed by atoms with Crippen LogP contribution < -0.4 is 5.32 Å². The van der Waals surface area contributed by atoms with Crippen LogP contribution in [0.15, 0.2) is 72.1 Å². The van der Waals surface area contributed by atoms with Crippen LogP contribution in [0.25, 0.3) is 5.69 Å². The lowest BCUT2D eigenvalue weighted by molar-refractivity contribution is -0.119. The summed E-state index contributed by atoms with van der Waals surface area (Å²) >= 11 is 1.42. The Morgan fingerprint density at radius 3 is 2.48 bits per heavy atom. The number of amides is 1. The molecule has 6 heteroatoms. The van der Waals surface area contributed by atoms with Gasteiger partial charge in [-0.15, -0.1) is 0 Å². The zero-order chi connectivity index (χ0) is 19.2. The fourth-order valence-electron chi connectivity index (χ4n) is 2.74. The lowest BCUT2D eigenvalue weighted by atomic mass is 10.0. The predicted octanol–water partition coefficient (Wildman–Crippen LogP) is 4.04. The molecule has 0 aliphatic heterocycles. The highest BCUT2D eigenvalue weighted by Crippen LogP contribution is 2.22. The predicted molar refractivity (Wildman–Crippen MR) is 107 cm³/mol. The van der Waals surface area contributed by atoms with E-state index in [9.17, 15) is 9.59 Å². The van der Waals surface area contributed by atoms with Crippen LogP contribution in [-0.2, 0) is 4.79 Å². The van der Waals surface area contributed by atoms with Gasteiger partial charge in [0, 0.05) is 30.6 Å². The molecule has 0 aliphatic rings. The molecule has 1 N–H and O–H groups in total. The lowest BCUT2D eigenvalue weighted by Gasteiger charge is -2.13. The molecule has 3 aromatic rings. The molecule has 2 aromatic carbocycles. The van der Waals surface area contributed by atoms with Gasteiger partial charge in [-0.3, -0.25) is 14.2 Å². The zero-order valence-corrected chi connectivity index (χ0v) is 16.1. The Labute approximate surface area is 162 Å². The standard InChI is InChI=1S/C21H21N3O2S/c1-15(23-16(2)25)17-8-10-18(11-9-17)20(26)14-27-21-22-12-13-24(21)19-6-4-3-5-7-19/h3-13,15H,14H2,1-2H3,(H,23,25)/t15-/m1/s1. The van der Waals surface area contributed by atoms with Crippen LogP contribution in [0, 0.1) is 0 Å². The molecular weight excluding hydrogens is 358 g/mol. The number of hydrogen-bond acceptors (Lipinski definition) is 4. The normalized spacial score (nSPS) is 11.8. The largest absolute Gasteiger partial charge is 0.350 e. The van der Waals surface area contributed by atoms with E-state index in [1.807, 2.05) is 60.2 Å². The van der Waals surface area contributed by atoms with Gasteiger partial charge in [0.1, 0.15) is 0 Å². The molecule has 0 spiro atoms. The molecular formula is C21H21N3O2S. The van der Waals surface area contributed by atoms with Gasteiger partial charge in [0.05, 0.1) is 11.8 Å². The molecule has 5 nitrogen and oxygen atoms in total. The van der Waals surface area contributed by atoms with Gasteiger partial charge in [-0.25, -0.2) is 4.98 Å². The van der Waals surface area contributed by atoms with Crippen molar-refractivity contribution in [1.82, 2.24) is 14.9 Å². The van der Waals surface area contributed by atoms with Crippen molar-refractivity contribution in [3.8, 4) is 5.69 Å². The summed E-state index contributed by atoms with van der Waals surface area (Å²) in [5.74, 6) is 0.277. The minimum Gasteiger partial charge on any atom is -0.350 e. The summed E-state index contributed by atoms with van der Waals surface area (Å²) in [4.78, 5) is 28.0. The number of carbonyl (C=O) groups is 2. The van der Waals surface area contributed by atoms with Gasteiger partial charge in [-0.2, -0.15) is 0 Å². The first-order valence-corrected chi connectivity index (χ1v) is 9.65. The van der Waals surface area contributed by atoms with Gasteiger partial charge in [0.2, 0.25) is 5.91 Å². The number of nitrogens with zero attached hydrogens (tertiary/aromatic N) is 2. The van der Waals surface area contributed by atoms with Crippen LogP contribution in [0.4, 0.5) is 0 Å². The van der Waals surface area contributed by atoms with Crippen LogP contribution in [-0.4, -0.2) is 27.0 Å². The molecule has 1 atom stereocenters. The molecule has 0 saturated heterocycles. The topological polar surface area (TPSA) is 64.0 Å². The molecule has 0 fully saturated rings. The van der Waals surface area contributed by atoms with Crippen molar-refractivity contribution in [2.24, 2.45) is 0 Å². The van der Waals surface area contributed by atoms with Crippen LogP contribution in [0.2, 0.25) is 0 Å². The van der Waals surface area contributed by atoms with Gasteiger partial charge in [-0.05, 0) is 24.6 Å². The number of Topliss-reactive ketones (excluding diaryl/α,β-unsaturated/α-hetero) is 1. The van der Waals surface area contributed by atoms with Crippen LogP contribution in [0.3, 0.4) is 0 Å². The number of nitrogens with one attached hydrogen (secondary N) is 1. The van der Waals surface area contributed by atoms with Crippen molar-refractivity contribution >= 4 is 23.5 Å². The lowest BCUT2D eigenvalue weighted by Crippen LogP contribution is -2.23. The van der Waals surface area contributed by atoms with Gasteiger partial charge < -0.3 is 5.32 Å². The minimum absolute atomic E-state index is 0.0429. The first-order valence-electron chi connectivity index (χ1n) is 8.66. The van der Waals surface area contributed by atoms with Gasteiger partial charge in [-0.1, -0.05) is 54.2 Å². The van der Waals surface area contributed by atoms with E-state index in [1.165, 1.54) is 18.7 Å². The van der Waals surface area contributed by atoms with Crippen molar-refractivity contribution in [1.29, 1.82) is 0 Å². The maximum atomic E-state index is 12.5. The van der Waals surface area contributed by atoms with Crippen molar-refractivity contribution in [3.63, 3.8) is 0 Å². The number of hydrogen-bond donors (Lipinski definition) is 1. The molecule has 1 amide bonds. The van der Waals surface area contributed by atoms with E-state index in [1.54, 1.807) is 18.3 Å². The smallest absolute Gasteiger partial charge is 0.217 e. The Bertz CT molecular complexity index is 920. The number of rotatable bonds is 7. The molecule has 0 bridgehead atoms. The number of aromatic nitrogens is 2. The van der Waals surface area contributed by atoms with E-state index < -0.39 is 0 Å². The summed E-state index contributed by atoms with van der Waals surface area (Å²) in [5.41, 5.74) is 2.63. The number of imidazole rings is 1. The number of benzene rings is 2. The third kappa shape index (κ3) is 4.86. The molecule has 138 valence electrons. The Hall–Kier alpha value is -2.86. The number of para-hydroxylation sites is 1. The van der Waals surface area contributed by atoms with E-state index in [0.717, 1.165) is 16.4 Å². The third-order valence-corrected chi connectivity index (χ3v) is 5.09. The van der Waals surface area contributed by atoms with E-state index in [2.05, 4.69) is 10.3 Å². The zero-order valence-electron chi connectivity index (χ0n) is 15.3. The Balaban J connectivity index is 1.64. The summed E-state index contributed by atoms with van der Waals surface area (Å²) in [6.45, 7) is 3.41. The fourth-order valence-corrected chi connectivity index (χ4v) is 3.61. The molecule has 1 aromatic heterocycles. The van der Waals surface area contributed by atoms with Crippen LogP contribution >= 0.6 is 11.8 Å². The number of carbonyl (C=O) groups excluding carboxylic acids is 2. The summed E-state index contributed by atoms with van der Waals surface area (Å²) in [6.07, 6.45) is 3.62. The van der Waals surface area contributed by atoms with Crippen LogP contribution in [0.5, 0.6) is 0 Å². The molecule has 1 heterocycles. The van der Waals surface area contributed by atoms with Crippen LogP contribution in [0.1, 0.15) is 35.8 Å². The maximum Gasteiger partial charge on any atom is 0.217 e. The van der Waals surface area contributed by atoms with Crippen molar-refractivity contribution in [2.75, 3.05) is 5.75 Å². The molecule has 0 saturated carbocycles. The van der Waals surface area contributed by atoms with E-state index in [4.69, 9.17) is 0 Å². The van der Waals surface area contributed by atoms with Crippen molar-refractivity contribution in [3.05, 3.63) is 78.1 Å². The van der Waals surface area contributed by atoms with Gasteiger partial charge >= 0.3 is 0 Å². The van der Waals surface area contributed by atoms with Gasteiger partial charge in [0.15, 0.2) is 10.9 Å². The van der Waals surface area contributed by atoms with Crippen molar-refractivity contribution in [2.45, 2.75) is 25.0 Å². The summed E-state index contributed by atoms with van der Waals surface area (Å²) < 4.78 is 1.97. The minimum atomic E-state index is -0.0839. The summed E-state index contributed by atoms with van der Waals surface area (Å²) in [6, 6.07) is 17.2. The van der Waals surface area contributed by atoms with E-state index >= 15 is 0 Å². The second-order valence-corrected chi connectivity index (χ2v) is 7.11. The second kappa shape index (κ2) is 8.68. The fraction of sp³-hybridized carbons (Fsp3) is 0.190. The molecule has 0 radical (unpaired) electrons. The highest BCUT2D eigenvalue weighted by Gasteiger charge is 2.12. The quantitative estimate of drug-likeness (QED) is 0.497. The summed E-state index contributed by atoms with van der Waals surface area (Å²) in [7, 11) is 0. The average Bonchev–Trinajstić information content (AvgIpc) is 3.15. The highest BCUT2D eigenvalue weighted by molar-refractivity contribution is 7.99. The van der Waals surface area contributed by atoms with Crippen molar-refractivity contribution < 1.29 is 9.59 Å². The molecule has 0 unspecified atom stereocenters. The number of ketones is 1. The Morgan fingerprint density at radius 2 is 1.81 bits per heavy atom. The van der Waals surface area contributed by atoms with Gasteiger partial charge in [0.25, 0.3) is 0 Å².